The van der Waals surface area contributed by atoms with Crippen molar-refractivity contribution in [3.63, 3.8) is 0 Å². The predicted octanol–water partition coefficient (Wildman–Crippen LogP) is 3.49. The summed E-state index contributed by atoms with van der Waals surface area (Å²) >= 11 is 0. The Morgan fingerprint density at radius 2 is 1.79 bits per heavy atom. The second-order valence-corrected chi connectivity index (χ2v) is 5.93. The number of nitrogens with one attached hydrogen (secondary N) is 1. The molecule has 1 unspecified atom stereocenters. The van der Waals surface area contributed by atoms with Crippen LogP contribution in [0.3, 0.4) is 0 Å². The molecule has 0 saturated carbocycles. The standard InChI is InChI=1S/C17H24F3NO3/c1-12(2)24-15-8-6-14(7-9-15)5-4-13(3)21-16(22)10-23-11-17(18,19)20/h6-9,12-13H,4-5,10-11H2,1-3H3,(H,21,22). The maximum atomic E-state index is 11.9. The summed E-state index contributed by atoms with van der Waals surface area (Å²) in [7, 11) is 0. The van der Waals surface area contributed by atoms with E-state index in [0.29, 0.717) is 6.42 Å². The molecular formula is C17H24F3NO3. The van der Waals surface area contributed by atoms with Crippen LogP contribution < -0.4 is 10.1 Å². The molecule has 0 aliphatic rings. The summed E-state index contributed by atoms with van der Waals surface area (Å²) < 4.78 is 45.6. The van der Waals surface area contributed by atoms with Gasteiger partial charge in [0.1, 0.15) is 19.0 Å². The Morgan fingerprint density at radius 1 is 1.17 bits per heavy atom. The number of ether oxygens (including phenoxy) is 2. The van der Waals surface area contributed by atoms with Crippen molar-refractivity contribution in [2.75, 3.05) is 13.2 Å². The third-order valence-corrected chi connectivity index (χ3v) is 3.07. The van der Waals surface area contributed by atoms with Crippen molar-refractivity contribution in [2.24, 2.45) is 0 Å². The molecule has 1 rings (SSSR count). The fourth-order valence-corrected chi connectivity index (χ4v) is 2.04. The zero-order valence-corrected chi connectivity index (χ0v) is 14.2. The van der Waals surface area contributed by atoms with Crippen LogP contribution in [0, 0.1) is 0 Å². The largest absolute Gasteiger partial charge is 0.491 e. The number of carbonyl (C=O) groups excluding carboxylic acids is 1. The number of hydrogen-bond donors (Lipinski definition) is 1. The fourth-order valence-electron chi connectivity index (χ4n) is 2.04. The summed E-state index contributed by atoms with van der Waals surface area (Å²) in [5.74, 6) is 0.254. The lowest BCUT2D eigenvalue weighted by atomic mass is 10.1. The van der Waals surface area contributed by atoms with Crippen molar-refractivity contribution >= 4 is 5.91 Å². The Balaban J connectivity index is 2.27. The summed E-state index contributed by atoms with van der Waals surface area (Å²) in [4.78, 5) is 11.5. The average molecular weight is 347 g/mol. The summed E-state index contributed by atoms with van der Waals surface area (Å²) in [6, 6.07) is 7.54. The number of carbonyl (C=O) groups is 1. The molecule has 1 aromatic carbocycles. The van der Waals surface area contributed by atoms with Gasteiger partial charge in [0.25, 0.3) is 0 Å². The van der Waals surface area contributed by atoms with E-state index in [1.165, 1.54) is 0 Å². The quantitative estimate of drug-likeness (QED) is 0.744. The van der Waals surface area contributed by atoms with Crippen LogP contribution in [0.25, 0.3) is 0 Å². The topological polar surface area (TPSA) is 47.6 Å². The molecular weight excluding hydrogens is 323 g/mol. The van der Waals surface area contributed by atoms with E-state index in [0.717, 1.165) is 17.7 Å². The lowest BCUT2D eigenvalue weighted by molar-refractivity contribution is -0.175. The van der Waals surface area contributed by atoms with E-state index in [1.807, 2.05) is 38.1 Å². The van der Waals surface area contributed by atoms with E-state index >= 15 is 0 Å². The average Bonchev–Trinajstić information content (AvgIpc) is 2.44. The van der Waals surface area contributed by atoms with E-state index in [9.17, 15) is 18.0 Å². The maximum absolute atomic E-state index is 11.9. The molecule has 1 N–H and O–H groups in total. The first kappa shape index (κ1) is 20.3. The van der Waals surface area contributed by atoms with Gasteiger partial charge < -0.3 is 14.8 Å². The summed E-state index contributed by atoms with van der Waals surface area (Å²) in [5, 5.41) is 2.62. The van der Waals surface area contributed by atoms with Gasteiger partial charge in [-0.1, -0.05) is 12.1 Å². The van der Waals surface area contributed by atoms with E-state index < -0.39 is 25.3 Å². The summed E-state index contributed by atoms with van der Waals surface area (Å²) in [6.07, 6.45) is -2.88. The Labute approximate surface area is 140 Å². The van der Waals surface area contributed by atoms with Gasteiger partial charge in [0.2, 0.25) is 5.91 Å². The van der Waals surface area contributed by atoms with Crippen molar-refractivity contribution in [2.45, 2.75) is 51.9 Å². The Kier molecular flexibility index (Phi) is 8.04. The van der Waals surface area contributed by atoms with Crippen LogP contribution in [0.1, 0.15) is 32.8 Å². The van der Waals surface area contributed by atoms with Crippen LogP contribution in [0.15, 0.2) is 24.3 Å². The van der Waals surface area contributed by atoms with Crippen LogP contribution in [0.4, 0.5) is 13.2 Å². The molecule has 0 radical (unpaired) electrons. The third kappa shape index (κ3) is 9.39. The summed E-state index contributed by atoms with van der Waals surface area (Å²) in [5.41, 5.74) is 1.10. The van der Waals surface area contributed by atoms with Gasteiger partial charge >= 0.3 is 6.18 Å². The second kappa shape index (κ2) is 9.52. The zero-order valence-electron chi connectivity index (χ0n) is 14.2. The van der Waals surface area contributed by atoms with E-state index in [2.05, 4.69) is 10.1 Å². The molecule has 0 heterocycles. The van der Waals surface area contributed by atoms with Crippen molar-refractivity contribution < 1.29 is 27.4 Å². The highest BCUT2D eigenvalue weighted by Crippen LogP contribution is 2.16. The smallest absolute Gasteiger partial charge is 0.411 e. The minimum Gasteiger partial charge on any atom is -0.491 e. The molecule has 0 aromatic heterocycles. The van der Waals surface area contributed by atoms with E-state index in [4.69, 9.17) is 4.74 Å². The Hall–Kier alpha value is -1.76. The van der Waals surface area contributed by atoms with Gasteiger partial charge in [0.15, 0.2) is 0 Å². The number of halogens is 3. The molecule has 24 heavy (non-hydrogen) atoms. The monoisotopic (exact) mass is 347 g/mol. The third-order valence-electron chi connectivity index (χ3n) is 3.07. The van der Waals surface area contributed by atoms with Crippen LogP contribution in [0.5, 0.6) is 5.75 Å². The molecule has 0 aliphatic carbocycles. The lowest BCUT2D eigenvalue weighted by Gasteiger charge is -2.15. The summed E-state index contributed by atoms with van der Waals surface area (Å²) in [6.45, 7) is 3.70. The van der Waals surface area contributed by atoms with Gasteiger partial charge in [0, 0.05) is 6.04 Å². The predicted molar refractivity (Wildman–Crippen MR) is 85.0 cm³/mol. The van der Waals surface area contributed by atoms with Crippen molar-refractivity contribution in [1.29, 1.82) is 0 Å². The maximum Gasteiger partial charge on any atom is 0.411 e. The van der Waals surface area contributed by atoms with E-state index in [-0.39, 0.29) is 12.1 Å². The normalized spacial score (nSPS) is 13.0. The van der Waals surface area contributed by atoms with Crippen LogP contribution in [0.2, 0.25) is 0 Å². The highest BCUT2D eigenvalue weighted by atomic mass is 19.4. The molecule has 4 nitrogen and oxygen atoms in total. The van der Waals surface area contributed by atoms with Gasteiger partial charge in [-0.2, -0.15) is 13.2 Å². The van der Waals surface area contributed by atoms with Gasteiger partial charge in [-0.3, -0.25) is 4.79 Å². The van der Waals surface area contributed by atoms with E-state index in [1.54, 1.807) is 6.92 Å². The first-order valence-corrected chi connectivity index (χ1v) is 7.85. The molecule has 0 fully saturated rings. The van der Waals surface area contributed by atoms with Gasteiger partial charge in [-0.25, -0.2) is 0 Å². The van der Waals surface area contributed by atoms with Gasteiger partial charge in [0.05, 0.1) is 6.10 Å². The zero-order chi connectivity index (χ0) is 18.2. The van der Waals surface area contributed by atoms with Crippen LogP contribution in [-0.4, -0.2) is 37.4 Å². The first-order chi connectivity index (χ1) is 11.2. The molecule has 136 valence electrons. The number of rotatable bonds is 9. The number of amides is 1. The highest BCUT2D eigenvalue weighted by Gasteiger charge is 2.27. The number of hydrogen-bond acceptors (Lipinski definition) is 3. The minimum absolute atomic E-state index is 0.116. The second-order valence-electron chi connectivity index (χ2n) is 5.93. The molecule has 7 heteroatoms. The molecule has 1 amide bonds. The lowest BCUT2D eigenvalue weighted by Crippen LogP contribution is -2.36. The number of benzene rings is 1. The number of alkyl halides is 3. The van der Waals surface area contributed by atoms with Crippen molar-refractivity contribution in [1.82, 2.24) is 5.32 Å². The minimum atomic E-state index is -4.42. The molecule has 0 saturated heterocycles. The molecule has 0 spiro atoms. The molecule has 1 atom stereocenters. The van der Waals surface area contributed by atoms with Crippen LogP contribution >= 0.6 is 0 Å². The van der Waals surface area contributed by atoms with Crippen LogP contribution in [-0.2, 0) is 16.0 Å². The Bertz CT molecular complexity index is 501. The SMILES string of the molecule is CC(CCc1ccc(OC(C)C)cc1)NC(=O)COCC(F)(F)F. The highest BCUT2D eigenvalue weighted by molar-refractivity contribution is 5.77. The number of aryl methyl sites for hydroxylation is 1. The van der Waals surface area contributed by atoms with Crippen molar-refractivity contribution in [3.05, 3.63) is 29.8 Å². The first-order valence-electron chi connectivity index (χ1n) is 7.85. The Morgan fingerprint density at radius 3 is 2.33 bits per heavy atom. The van der Waals surface area contributed by atoms with Gasteiger partial charge in [-0.15, -0.1) is 0 Å². The molecule has 0 bridgehead atoms. The van der Waals surface area contributed by atoms with Gasteiger partial charge in [-0.05, 0) is 51.3 Å². The molecule has 1 aromatic rings. The fraction of sp³-hybridized carbons (Fsp3) is 0.588. The van der Waals surface area contributed by atoms with Crippen molar-refractivity contribution in [3.8, 4) is 5.75 Å². The molecule has 0 aliphatic heterocycles.